The van der Waals surface area contributed by atoms with Gasteiger partial charge in [0.15, 0.2) is 0 Å². The number of benzene rings is 1. The molecule has 0 aromatic heterocycles. The summed E-state index contributed by atoms with van der Waals surface area (Å²) < 4.78 is 4.31. The molecule has 0 fully saturated rings. The van der Waals surface area contributed by atoms with Crippen LogP contribution < -0.4 is 5.32 Å². The number of aryl methyl sites for hydroxylation is 1. The number of anilines is 1. The first-order chi connectivity index (χ1) is 8.17. The van der Waals surface area contributed by atoms with E-state index in [1.54, 1.807) is 12.1 Å². The number of unbranched alkanes of at least 4 members (excludes halogenated alkanes) is 1. The molecule has 0 bridgehead atoms. The molecule has 0 unspecified atom stereocenters. The summed E-state index contributed by atoms with van der Waals surface area (Å²) in [6.45, 7) is 2.14. The van der Waals surface area contributed by atoms with Crippen LogP contribution in [0, 0.1) is 0 Å². The van der Waals surface area contributed by atoms with Crippen LogP contribution in [0.25, 0.3) is 0 Å². The Balaban J connectivity index is 2.56. The summed E-state index contributed by atoms with van der Waals surface area (Å²) in [6, 6.07) is 7.46. The summed E-state index contributed by atoms with van der Waals surface area (Å²) in [4.78, 5) is 22.1. The van der Waals surface area contributed by atoms with Crippen LogP contribution in [0.1, 0.15) is 25.3 Å². The molecule has 0 aliphatic carbocycles. The van der Waals surface area contributed by atoms with Gasteiger partial charge in [0.25, 0.3) is 0 Å². The Morgan fingerprint density at radius 1 is 1.24 bits per heavy atom. The summed E-state index contributed by atoms with van der Waals surface area (Å²) >= 11 is 0. The van der Waals surface area contributed by atoms with E-state index in [9.17, 15) is 9.59 Å². The third-order valence-corrected chi connectivity index (χ3v) is 2.40. The topological polar surface area (TPSA) is 55.4 Å². The Labute approximate surface area is 101 Å². The van der Waals surface area contributed by atoms with Crippen molar-refractivity contribution < 1.29 is 14.3 Å². The van der Waals surface area contributed by atoms with Crippen molar-refractivity contribution in [3.63, 3.8) is 0 Å². The van der Waals surface area contributed by atoms with Gasteiger partial charge in [-0.3, -0.25) is 4.79 Å². The van der Waals surface area contributed by atoms with Crippen LogP contribution in [0.15, 0.2) is 24.3 Å². The number of hydrogen-bond acceptors (Lipinski definition) is 3. The van der Waals surface area contributed by atoms with E-state index in [1.807, 2.05) is 12.1 Å². The summed E-state index contributed by atoms with van der Waals surface area (Å²) in [5.74, 6) is -1.64. The lowest BCUT2D eigenvalue weighted by Crippen LogP contribution is -2.23. The number of amides is 1. The molecule has 92 valence electrons. The second kappa shape index (κ2) is 6.68. The number of nitrogens with one attached hydrogen (secondary N) is 1. The molecule has 1 aromatic carbocycles. The normalized spacial score (nSPS) is 9.76. The number of hydrogen-bond donors (Lipinski definition) is 1. The second-order valence-corrected chi connectivity index (χ2v) is 3.75. The van der Waals surface area contributed by atoms with Gasteiger partial charge in [-0.05, 0) is 30.5 Å². The van der Waals surface area contributed by atoms with E-state index < -0.39 is 11.9 Å². The summed E-state index contributed by atoms with van der Waals surface area (Å²) in [5.41, 5.74) is 1.82. The fraction of sp³-hybridized carbons (Fsp3) is 0.385. The van der Waals surface area contributed by atoms with Crippen molar-refractivity contribution >= 4 is 17.6 Å². The molecule has 0 aliphatic heterocycles. The summed E-state index contributed by atoms with van der Waals surface area (Å²) in [6.07, 6.45) is 3.33. The van der Waals surface area contributed by atoms with Gasteiger partial charge in [-0.2, -0.15) is 0 Å². The van der Waals surface area contributed by atoms with Crippen molar-refractivity contribution in [1.29, 1.82) is 0 Å². The zero-order valence-corrected chi connectivity index (χ0v) is 10.2. The van der Waals surface area contributed by atoms with Gasteiger partial charge in [-0.1, -0.05) is 25.5 Å². The Kier molecular flexibility index (Phi) is 5.20. The fourth-order valence-corrected chi connectivity index (χ4v) is 1.41. The Bertz CT molecular complexity index is 384. The Morgan fingerprint density at radius 2 is 1.88 bits per heavy atom. The highest BCUT2D eigenvalue weighted by atomic mass is 16.5. The molecule has 0 heterocycles. The van der Waals surface area contributed by atoms with Crippen LogP contribution >= 0.6 is 0 Å². The maximum Gasteiger partial charge on any atom is 0.396 e. The van der Waals surface area contributed by atoms with Crippen molar-refractivity contribution in [1.82, 2.24) is 0 Å². The SMILES string of the molecule is CCCCc1ccc(NC(=O)C(=O)OC)cc1. The number of esters is 1. The van der Waals surface area contributed by atoms with Crippen LogP contribution in [-0.2, 0) is 20.7 Å². The van der Waals surface area contributed by atoms with Crippen molar-refractivity contribution in [2.24, 2.45) is 0 Å². The van der Waals surface area contributed by atoms with E-state index in [4.69, 9.17) is 0 Å². The molecule has 0 aliphatic rings. The molecule has 0 spiro atoms. The van der Waals surface area contributed by atoms with Crippen LogP contribution in [0.5, 0.6) is 0 Å². The van der Waals surface area contributed by atoms with Gasteiger partial charge < -0.3 is 10.1 Å². The van der Waals surface area contributed by atoms with Crippen LogP contribution in [-0.4, -0.2) is 19.0 Å². The zero-order chi connectivity index (χ0) is 12.7. The minimum atomic E-state index is -0.889. The third-order valence-electron chi connectivity index (χ3n) is 2.40. The molecule has 0 saturated heterocycles. The predicted octanol–water partition coefficient (Wildman–Crippen LogP) is 2.14. The van der Waals surface area contributed by atoms with Gasteiger partial charge in [0.2, 0.25) is 0 Å². The van der Waals surface area contributed by atoms with Crippen molar-refractivity contribution in [3.8, 4) is 0 Å². The lowest BCUT2D eigenvalue weighted by molar-refractivity contribution is -0.150. The quantitative estimate of drug-likeness (QED) is 0.642. The minimum Gasteiger partial charge on any atom is -0.462 e. The highest BCUT2D eigenvalue weighted by molar-refractivity contribution is 6.37. The molecule has 17 heavy (non-hydrogen) atoms. The van der Waals surface area contributed by atoms with Crippen molar-refractivity contribution in [3.05, 3.63) is 29.8 Å². The molecule has 4 heteroatoms. The summed E-state index contributed by atoms with van der Waals surface area (Å²) in [7, 11) is 1.18. The highest BCUT2D eigenvalue weighted by Gasteiger charge is 2.13. The molecule has 1 N–H and O–H groups in total. The van der Waals surface area contributed by atoms with E-state index >= 15 is 0 Å². The molecule has 0 radical (unpaired) electrons. The van der Waals surface area contributed by atoms with E-state index in [2.05, 4.69) is 17.0 Å². The van der Waals surface area contributed by atoms with Gasteiger partial charge in [0.1, 0.15) is 0 Å². The van der Waals surface area contributed by atoms with E-state index in [-0.39, 0.29) is 0 Å². The fourth-order valence-electron chi connectivity index (χ4n) is 1.41. The van der Waals surface area contributed by atoms with Gasteiger partial charge in [0, 0.05) is 5.69 Å². The third kappa shape index (κ3) is 4.26. The number of rotatable bonds is 4. The second-order valence-electron chi connectivity index (χ2n) is 3.75. The molecular weight excluding hydrogens is 218 g/mol. The Hall–Kier alpha value is -1.84. The number of carbonyl (C=O) groups excluding carboxylic acids is 2. The number of methoxy groups -OCH3 is 1. The highest BCUT2D eigenvalue weighted by Crippen LogP contribution is 2.11. The summed E-state index contributed by atoms with van der Waals surface area (Å²) in [5, 5.41) is 2.46. The van der Waals surface area contributed by atoms with Gasteiger partial charge in [0.05, 0.1) is 7.11 Å². The van der Waals surface area contributed by atoms with Crippen molar-refractivity contribution in [2.45, 2.75) is 26.2 Å². The monoisotopic (exact) mass is 235 g/mol. The standard InChI is InChI=1S/C13H17NO3/c1-3-4-5-10-6-8-11(9-7-10)14-12(15)13(16)17-2/h6-9H,3-5H2,1-2H3,(H,14,15). The van der Waals surface area contributed by atoms with Gasteiger partial charge in [-0.25, -0.2) is 4.79 Å². The first-order valence-corrected chi connectivity index (χ1v) is 5.65. The lowest BCUT2D eigenvalue weighted by Gasteiger charge is -2.05. The van der Waals surface area contributed by atoms with Crippen LogP contribution in [0.4, 0.5) is 5.69 Å². The van der Waals surface area contributed by atoms with Crippen molar-refractivity contribution in [2.75, 3.05) is 12.4 Å². The largest absolute Gasteiger partial charge is 0.462 e. The Morgan fingerprint density at radius 3 is 2.41 bits per heavy atom. The first kappa shape index (κ1) is 13.2. The minimum absolute atomic E-state index is 0.598. The maximum absolute atomic E-state index is 11.2. The molecule has 0 saturated carbocycles. The average Bonchev–Trinajstić information content (AvgIpc) is 2.37. The lowest BCUT2D eigenvalue weighted by atomic mass is 10.1. The molecular formula is C13H17NO3. The molecule has 1 rings (SSSR count). The number of carbonyl (C=O) groups is 2. The molecule has 1 amide bonds. The average molecular weight is 235 g/mol. The van der Waals surface area contributed by atoms with Gasteiger partial charge in [-0.15, -0.1) is 0 Å². The van der Waals surface area contributed by atoms with Gasteiger partial charge >= 0.3 is 11.9 Å². The predicted molar refractivity (Wildman–Crippen MR) is 65.7 cm³/mol. The van der Waals surface area contributed by atoms with Crippen LogP contribution in [0.2, 0.25) is 0 Å². The van der Waals surface area contributed by atoms with E-state index in [1.165, 1.54) is 12.7 Å². The smallest absolute Gasteiger partial charge is 0.396 e. The van der Waals surface area contributed by atoms with E-state index in [0.29, 0.717) is 5.69 Å². The first-order valence-electron chi connectivity index (χ1n) is 5.65. The molecule has 1 aromatic rings. The van der Waals surface area contributed by atoms with E-state index in [0.717, 1.165) is 19.3 Å². The number of ether oxygens (including phenoxy) is 1. The van der Waals surface area contributed by atoms with Crippen LogP contribution in [0.3, 0.4) is 0 Å². The zero-order valence-electron chi connectivity index (χ0n) is 10.2. The molecule has 0 atom stereocenters. The maximum atomic E-state index is 11.2. The molecule has 4 nitrogen and oxygen atoms in total.